The van der Waals surface area contributed by atoms with Gasteiger partial charge in [0.05, 0.1) is 12.7 Å². The molecule has 1 aromatic rings. The molecule has 2 heterocycles. The summed E-state index contributed by atoms with van der Waals surface area (Å²) < 4.78 is 1.59. The Labute approximate surface area is 106 Å². The zero-order chi connectivity index (χ0) is 13.1. The molecule has 2 rings (SSSR count). The number of nitrogens with zero attached hydrogens (tertiary/aromatic N) is 5. The summed E-state index contributed by atoms with van der Waals surface area (Å²) in [6, 6.07) is 0.559. The lowest BCUT2D eigenvalue weighted by atomic mass is 10.2. The Hall–Kier alpha value is -1.47. The van der Waals surface area contributed by atoms with Gasteiger partial charge >= 0.3 is 5.97 Å². The van der Waals surface area contributed by atoms with Crippen LogP contribution < -0.4 is 0 Å². The average Bonchev–Trinajstić information content (AvgIpc) is 2.79. The molecule has 0 radical (unpaired) electrons. The fourth-order valence-electron chi connectivity index (χ4n) is 2.08. The minimum Gasteiger partial charge on any atom is -0.476 e. The van der Waals surface area contributed by atoms with E-state index >= 15 is 0 Å². The van der Waals surface area contributed by atoms with Crippen molar-refractivity contribution in [2.24, 2.45) is 0 Å². The highest BCUT2D eigenvalue weighted by molar-refractivity contribution is 5.84. The fraction of sp³-hybridized carbons (Fsp3) is 0.727. The van der Waals surface area contributed by atoms with Crippen LogP contribution in [0.25, 0.3) is 0 Å². The number of likely N-dealkylation sites (N-methyl/N-ethyl adjacent to an activating group) is 1. The second-order valence-electron chi connectivity index (χ2n) is 4.80. The molecule has 7 heteroatoms. The van der Waals surface area contributed by atoms with Gasteiger partial charge in [-0.1, -0.05) is 5.21 Å². The third kappa shape index (κ3) is 3.05. The Balaban J connectivity index is 1.82. The number of hydrogen-bond donors (Lipinski definition) is 1. The molecule has 0 aliphatic carbocycles. The number of aromatic carboxylic acids is 1. The van der Waals surface area contributed by atoms with Crippen LogP contribution in [0.3, 0.4) is 0 Å². The van der Waals surface area contributed by atoms with Crippen molar-refractivity contribution in [2.75, 3.05) is 33.2 Å². The molecule has 1 saturated heterocycles. The van der Waals surface area contributed by atoms with Crippen LogP contribution in [-0.4, -0.2) is 75.1 Å². The highest BCUT2D eigenvalue weighted by Crippen LogP contribution is 2.06. The van der Waals surface area contributed by atoms with Gasteiger partial charge < -0.3 is 10.0 Å². The van der Waals surface area contributed by atoms with Crippen LogP contribution in [0.1, 0.15) is 17.4 Å². The second-order valence-corrected chi connectivity index (χ2v) is 4.80. The topological polar surface area (TPSA) is 74.5 Å². The molecule has 1 aliphatic heterocycles. The molecule has 1 aromatic heterocycles. The summed E-state index contributed by atoms with van der Waals surface area (Å²) in [4.78, 5) is 15.4. The molecule has 100 valence electrons. The molecular weight excluding hydrogens is 234 g/mol. The monoisotopic (exact) mass is 253 g/mol. The maximum atomic E-state index is 10.7. The minimum atomic E-state index is -1.03. The molecule has 0 aromatic carbocycles. The molecule has 1 N–H and O–H groups in total. The van der Waals surface area contributed by atoms with Gasteiger partial charge in [-0.3, -0.25) is 9.58 Å². The normalized spacial score (nSPS) is 22.2. The van der Waals surface area contributed by atoms with Crippen LogP contribution in [0.2, 0.25) is 0 Å². The Morgan fingerprint density at radius 1 is 1.50 bits per heavy atom. The number of rotatable bonds is 4. The van der Waals surface area contributed by atoms with E-state index in [1.165, 1.54) is 6.20 Å². The SMILES string of the molecule is CC1CN(CCn2cc(C(=O)O)nn2)CCN1C. The molecule has 0 saturated carbocycles. The first-order valence-electron chi connectivity index (χ1n) is 6.12. The summed E-state index contributed by atoms with van der Waals surface area (Å²) in [6.45, 7) is 6.92. The number of carboxylic acids is 1. The third-order valence-electron chi connectivity index (χ3n) is 3.45. The van der Waals surface area contributed by atoms with Gasteiger partial charge in [0.1, 0.15) is 0 Å². The predicted molar refractivity (Wildman–Crippen MR) is 65.5 cm³/mol. The Bertz CT molecular complexity index is 419. The van der Waals surface area contributed by atoms with Crippen molar-refractivity contribution in [1.29, 1.82) is 0 Å². The zero-order valence-electron chi connectivity index (χ0n) is 10.8. The summed E-state index contributed by atoms with van der Waals surface area (Å²) >= 11 is 0. The Morgan fingerprint density at radius 2 is 2.28 bits per heavy atom. The van der Waals surface area contributed by atoms with Gasteiger partial charge in [-0.15, -0.1) is 5.10 Å². The lowest BCUT2D eigenvalue weighted by molar-refractivity contribution is 0.0690. The van der Waals surface area contributed by atoms with E-state index in [1.54, 1.807) is 4.68 Å². The first-order valence-corrected chi connectivity index (χ1v) is 6.12. The van der Waals surface area contributed by atoms with E-state index in [1.807, 2.05) is 0 Å². The molecule has 0 amide bonds. The highest BCUT2D eigenvalue weighted by Gasteiger charge is 2.20. The van der Waals surface area contributed by atoms with Crippen LogP contribution in [0.4, 0.5) is 0 Å². The van der Waals surface area contributed by atoms with Gasteiger partial charge in [0.2, 0.25) is 0 Å². The summed E-state index contributed by atoms with van der Waals surface area (Å²) in [5.41, 5.74) is 0.00162. The number of piperazine rings is 1. The van der Waals surface area contributed by atoms with Gasteiger partial charge in [0, 0.05) is 32.2 Å². The van der Waals surface area contributed by atoms with Crippen molar-refractivity contribution in [3.63, 3.8) is 0 Å². The summed E-state index contributed by atoms with van der Waals surface area (Å²) in [5.74, 6) is -1.03. The van der Waals surface area contributed by atoms with Crippen molar-refractivity contribution in [3.8, 4) is 0 Å². The van der Waals surface area contributed by atoms with Crippen LogP contribution in [0.5, 0.6) is 0 Å². The van der Waals surface area contributed by atoms with Crippen LogP contribution in [0.15, 0.2) is 6.20 Å². The van der Waals surface area contributed by atoms with E-state index in [0.29, 0.717) is 12.6 Å². The van der Waals surface area contributed by atoms with E-state index in [0.717, 1.165) is 26.2 Å². The first kappa shape index (κ1) is 13.0. The Kier molecular flexibility index (Phi) is 3.93. The molecule has 0 bridgehead atoms. The van der Waals surface area contributed by atoms with Gasteiger partial charge in [0.25, 0.3) is 0 Å². The van der Waals surface area contributed by atoms with E-state index in [9.17, 15) is 4.79 Å². The third-order valence-corrected chi connectivity index (χ3v) is 3.45. The highest BCUT2D eigenvalue weighted by atomic mass is 16.4. The second kappa shape index (κ2) is 5.45. The standard InChI is InChI=1S/C11H19N5O2/c1-9-7-15(4-3-14(9)2)5-6-16-8-10(11(17)18)12-13-16/h8-9H,3-7H2,1-2H3,(H,17,18). The first-order chi connectivity index (χ1) is 8.56. The number of carbonyl (C=O) groups is 1. The average molecular weight is 253 g/mol. The molecule has 1 unspecified atom stereocenters. The zero-order valence-corrected chi connectivity index (χ0v) is 10.8. The lowest BCUT2D eigenvalue weighted by Crippen LogP contribution is -2.50. The molecule has 1 atom stereocenters. The van der Waals surface area contributed by atoms with E-state index < -0.39 is 5.97 Å². The molecule has 7 nitrogen and oxygen atoms in total. The Morgan fingerprint density at radius 3 is 2.89 bits per heavy atom. The van der Waals surface area contributed by atoms with Gasteiger partial charge in [0.15, 0.2) is 5.69 Å². The molecular formula is C11H19N5O2. The molecule has 18 heavy (non-hydrogen) atoms. The van der Waals surface area contributed by atoms with Crippen molar-refractivity contribution < 1.29 is 9.90 Å². The number of carboxylic acid groups (broad SMARTS) is 1. The largest absolute Gasteiger partial charge is 0.476 e. The minimum absolute atomic E-state index is 0.00162. The van der Waals surface area contributed by atoms with E-state index in [4.69, 9.17) is 5.11 Å². The summed E-state index contributed by atoms with van der Waals surface area (Å²) in [6.07, 6.45) is 1.47. The summed E-state index contributed by atoms with van der Waals surface area (Å²) in [5, 5.41) is 16.1. The van der Waals surface area contributed by atoms with Gasteiger partial charge in [-0.05, 0) is 14.0 Å². The van der Waals surface area contributed by atoms with Crippen LogP contribution >= 0.6 is 0 Å². The van der Waals surface area contributed by atoms with Crippen molar-refractivity contribution in [3.05, 3.63) is 11.9 Å². The van der Waals surface area contributed by atoms with Crippen LogP contribution in [0, 0.1) is 0 Å². The van der Waals surface area contributed by atoms with E-state index in [2.05, 4.69) is 34.1 Å². The lowest BCUT2D eigenvalue weighted by Gasteiger charge is -2.37. The van der Waals surface area contributed by atoms with E-state index in [-0.39, 0.29) is 5.69 Å². The number of aromatic nitrogens is 3. The maximum Gasteiger partial charge on any atom is 0.358 e. The molecule has 1 fully saturated rings. The molecule has 1 aliphatic rings. The predicted octanol–water partition coefficient (Wildman–Crippen LogP) is -0.388. The summed E-state index contributed by atoms with van der Waals surface area (Å²) in [7, 11) is 2.14. The van der Waals surface area contributed by atoms with Crippen LogP contribution in [-0.2, 0) is 6.54 Å². The fourth-order valence-corrected chi connectivity index (χ4v) is 2.08. The smallest absolute Gasteiger partial charge is 0.358 e. The van der Waals surface area contributed by atoms with Gasteiger partial charge in [-0.2, -0.15) is 0 Å². The van der Waals surface area contributed by atoms with Gasteiger partial charge in [-0.25, -0.2) is 4.79 Å². The van der Waals surface area contributed by atoms with Crippen molar-refractivity contribution in [2.45, 2.75) is 19.5 Å². The maximum absolute atomic E-state index is 10.7. The number of hydrogen-bond acceptors (Lipinski definition) is 5. The molecule has 0 spiro atoms. The van der Waals surface area contributed by atoms with Crippen molar-refractivity contribution in [1.82, 2.24) is 24.8 Å². The van der Waals surface area contributed by atoms with Crippen molar-refractivity contribution >= 4 is 5.97 Å². The quantitative estimate of drug-likeness (QED) is 0.788.